The molecule has 2 heterocycles. The van der Waals surface area contributed by atoms with Crippen LogP contribution in [0.5, 0.6) is 0 Å². The lowest BCUT2D eigenvalue weighted by molar-refractivity contribution is 0.0603. The number of likely N-dealkylation sites (tertiary alicyclic amines) is 1. The van der Waals surface area contributed by atoms with E-state index in [1.165, 1.54) is 51.0 Å². The Morgan fingerprint density at radius 3 is 2.86 bits per heavy atom. The number of esters is 1. The molecule has 1 aliphatic rings. The highest BCUT2D eigenvalue weighted by Gasteiger charge is 2.20. The molecule has 0 aliphatic carbocycles. The first-order valence-electron chi connectivity index (χ1n) is 7.41. The molecule has 6 nitrogen and oxygen atoms in total. The van der Waals surface area contributed by atoms with Gasteiger partial charge in [0.05, 0.1) is 7.11 Å². The Morgan fingerprint density at radius 2 is 2.19 bits per heavy atom. The average Bonchev–Trinajstić information content (AvgIpc) is 2.86. The number of piperidine rings is 1. The van der Waals surface area contributed by atoms with Crippen molar-refractivity contribution in [3.8, 4) is 0 Å². The molecule has 1 saturated heterocycles. The average molecular weight is 312 g/mol. The van der Waals surface area contributed by atoms with Crippen molar-refractivity contribution in [1.82, 2.24) is 9.27 Å². The fraction of sp³-hybridized carbons (Fsp3) is 0.714. The summed E-state index contributed by atoms with van der Waals surface area (Å²) in [6, 6.07) is 0. The number of hydrogen-bond donors (Lipinski definition) is 2. The number of methoxy groups -OCH3 is 1. The van der Waals surface area contributed by atoms with Gasteiger partial charge in [-0.15, -0.1) is 0 Å². The molecule has 7 heteroatoms. The zero-order valence-electron chi connectivity index (χ0n) is 12.7. The summed E-state index contributed by atoms with van der Waals surface area (Å²) in [4.78, 5) is 14.2. The highest BCUT2D eigenvalue weighted by molar-refractivity contribution is 7.11. The number of hydrogen-bond acceptors (Lipinski definition) is 7. The fourth-order valence-corrected chi connectivity index (χ4v) is 3.34. The van der Waals surface area contributed by atoms with Crippen LogP contribution in [0, 0.1) is 5.92 Å². The molecule has 1 aliphatic heterocycles. The summed E-state index contributed by atoms with van der Waals surface area (Å²) in [6.45, 7) is 6.48. The van der Waals surface area contributed by atoms with Crippen molar-refractivity contribution < 1.29 is 9.53 Å². The highest BCUT2D eigenvalue weighted by atomic mass is 32.1. The molecular formula is C14H24N4O2S. The minimum atomic E-state index is -0.438. The maximum Gasteiger partial charge on any atom is 0.344 e. The van der Waals surface area contributed by atoms with Gasteiger partial charge >= 0.3 is 5.97 Å². The van der Waals surface area contributed by atoms with Gasteiger partial charge in [-0.2, -0.15) is 4.37 Å². The lowest BCUT2D eigenvalue weighted by atomic mass is 10.1. The lowest BCUT2D eigenvalue weighted by Crippen LogP contribution is -2.35. The molecule has 1 unspecified atom stereocenters. The molecule has 0 spiro atoms. The van der Waals surface area contributed by atoms with Crippen LogP contribution < -0.4 is 11.1 Å². The SMILES string of the molecule is COC(=O)c1c(N)nsc1NCC(C)CN1CCCCC1. The summed E-state index contributed by atoms with van der Waals surface area (Å²) in [5, 5.41) is 3.99. The maximum atomic E-state index is 11.7. The number of nitrogens with one attached hydrogen (secondary N) is 1. The maximum absolute atomic E-state index is 11.7. The number of anilines is 2. The van der Waals surface area contributed by atoms with Crippen LogP contribution in [0.25, 0.3) is 0 Å². The molecule has 1 aromatic heterocycles. The van der Waals surface area contributed by atoms with E-state index in [-0.39, 0.29) is 5.82 Å². The quantitative estimate of drug-likeness (QED) is 0.783. The molecule has 118 valence electrons. The molecule has 0 bridgehead atoms. The van der Waals surface area contributed by atoms with Gasteiger partial charge in [0.2, 0.25) is 0 Å². The number of ether oxygens (including phenoxy) is 1. The van der Waals surface area contributed by atoms with Crippen LogP contribution in [0.3, 0.4) is 0 Å². The molecule has 0 radical (unpaired) electrons. The molecule has 1 fully saturated rings. The molecule has 0 saturated carbocycles. The first kappa shape index (κ1) is 16.0. The second-order valence-corrected chi connectivity index (χ2v) is 6.38. The van der Waals surface area contributed by atoms with Gasteiger partial charge in [0, 0.05) is 13.1 Å². The number of nitrogens with zero attached hydrogens (tertiary/aromatic N) is 2. The van der Waals surface area contributed by atoms with Crippen LogP contribution >= 0.6 is 11.5 Å². The second kappa shape index (κ2) is 7.61. The highest BCUT2D eigenvalue weighted by Crippen LogP contribution is 2.27. The van der Waals surface area contributed by atoms with Gasteiger partial charge in [0.1, 0.15) is 10.6 Å². The van der Waals surface area contributed by atoms with Crippen molar-refractivity contribution in [1.29, 1.82) is 0 Å². The van der Waals surface area contributed by atoms with E-state index < -0.39 is 5.97 Å². The largest absolute Gasteiger partial charge is 0.465 e. The Kier molecular flexibility index (Phi) is 5.81. The minimum absolute atomic E-state index is 0.234. The molecule has 1 atom stereocenters. The lowest BCUT2D eigenvalue weighted by Gasteiger charge is -2.29. The number of nitrogen functional groups attached to an aromatic ring is 1. The standard InChI is InChI=1S/C14H24N4O2S/c1-10(9-18-6-4-3-5-7-18)8-16-13-11(14(19)20-2)12(15)17-21-13/h10,16H,3-9H2,1-2H3,(H2,15,17). The van der Waals surface area contributed by atoms with Crippen LogP contribution in [0.1, 0.15) is 36.5 Å². The summed E-state index contributed by atoms with van der Waals surface area (Å²) in [7, 11) is 1.35. The predicted molar refractivity (Wildman–Crippen MR) is 85.8 cm³/mol. The van der Waals surface area contributed by atoms with E-state index in [0.29, 0.717) is 16.5 Å². The number of aromatic nitrogens is 1. The van der Waals surface area contributed by atoms with E-state index in [4.69, 9.17) is 10.5 Å². The van der Waals surface area contributed by atoms with Crippen LogP contribution in [-0.4, -0.2) is 48.5 Å². The third-order valence-corrected chi connectivity index (χ3v) is 4.56. The third kappa shape index (κ3) is 4.31. The smallest absolute Gasteiger partial charge is 0.344 e. The molecule has 21 heavy (non-hydrogen) atoms. The topological polar surface area (TPSA) is 80.5 Å². The van der Waals surface area contributed by atoms with Crippen molar-refractivity contribution in [2.45, 2.75) is 26.2 Å². The summed E-state index contributed by atoms with van der Waals surface area (Å²) in [5.74, 6) is 0.294. The number of rotatable bonds is 6. The predicted octanol–water partition coefficient (Wildman–Crippen LogP) is 2.05. The van der Waals surface area contributed by atoms with Gasteiger partial charge in [0.25, 0.3) is 0 Å². The third-order valence-electron chi connectivity index (χ3n) is 3.74. The summed E-state index contributed by atoms with van der Waals surface area (Å²) < 4.78 is 8.77. The zero-order valence-corrected chi connectivity index (χ0v) is 13.5. The van der Waals surface area contributed by atoms with E-state index in [0.717, 1.165) is 13.1 Å². The molecule has 2 rings (SSSR count). The molecule has 0 amide bonds. The summed E-state index contributed by atoms with van der Waals surface area (Å²) in [6.07, 6.45) is 3.96. The molecule has 3 N–H and O–H groups in total. The van der Waals surface area contributed by atoms with Crippen LogP contribution in [-0.2, 0) is 4.74 Å². The number of carbonyl (C=O) groups is 1. The first-order valence-corrected chi connectivity index (χ1v) is 8.18. The van der Waals surface area contributed by atoms with E-state index in [1.54, 1.807) is 0 Å². The van der Waals surface area contributed by atoms with E-state index in [1.807, 2.05) is 0 Å². The number of nitrogens with two attached hydrogens (primary N) is 1. The monoisotopic (exact) mass is 312 g/mol. The van der Waals surface area contributed by atoms with Crippen molar-refractivity contribution in [2.75, 3.05) is 44.3 Å². The Hall–Kier alpha value is -1.34. The molecule has 0 aromatic carbocycles. The second-order valence-electron chi connectivity index (χ2n) is 5.61. The Bertz CT molecular complexity index is 472. The fourth-order valence-electron chi connectivity index (χ4n) is 2.64. The van der Waals surface area contributed by atoms with Gasteiger partial charge in [-0.3, -0.25) is 0 Å². The molecular weight excluding hydrogens is 288 g/mol. The van der Waals surface area contributed by atoms with E-state index in [2.05, 4.69) is 21.5 Å². The van der Waals surface area contributed by atoms with Crippen LogP contribution in [0.4, 0.5) is 10.8 Å². The minimum Gasteiger partial charge on any atom is -0.465 e. The van der Waals surface area contributed by atoms with Crippen molar-refractivity contribution >= 4 is 28.3 Å². The van der Waals surface area contributed by atoms with Crippen LogP contribution in [0.2, 0.25) is 0 Å². The van der Waals surface area contributed by atoms with E-state index in [9.17, 15) is 4.79 Å². The van der Waals surface area contributed by atoms with Gasteiger partial charge in [-0.25, -0.2) is 4.79 Å². The van der Waals surface area contributed by atoms with Gasteiger partial charge in [-0.05, 0) is 43.4 Å². The van der Waals surface area contributed by atoms with Crippen molar-refractivity contribution in [2.24, 2.45) is 5.92 Å². The van der Waals surface area contributed by atoms with E-state index >= 15 is 0 Å². The Balaban J connectivity index is 1.86. The van der Waals surface area contributed by atoms with Gasteiger partial charge in [-0.1, -0.05) is 13.3 Å². The Morgan fingerprint density at radius 1 is 1.48 bits per heavy atom. The van der Waals surface area contributed by atoms with Crippen molar-refractivity contribution in [3.05, 3.63) is 5.56 Å². The molecule has 1 aromatic rings. The van der Waals surface area contributed by atoms with Crippen LogP contribution in [0.15, 0.2) is 0 Å². The summed E-state index contributed by atoms with van der Waals surface area (Å²) >= 11 is 1.21. The number of carbonyl (C=O) groups excluding carboxylic acids is 1. The van der Waals surface area contributed by atoms with Gasteiger partial charge < -0.3 is 20.7 Å². The Labute approximate surface area is 129 Å². The van der Waals surface area contributed by atoms with Gasteiger partial charge in [0.15, 0.2) is 5.82 Å². The summed E-state index contributed by atoms with van der Waals surface area (Å²) in [5.41, 5.74) is 6.08. The zero-order chi connectivity index (χ0) is 15.2. The van der Waals surface area contributed by atoms with Crippen molar-refractivity contribution in [3.63, 3.8) is 0 Å². The first-order chi connectivity index (χ1) is 10.1. The normalized spacial score (nSPS) is 17.4.